The van der Waals surface area contributed by atoms with Gasteiger partial charge in [0.15, 0.2) is 12.7 Å². The fraction of sp³-hybridized carbons (Fsp3) is 0.400. The summed E-state index contributed by atoms with van der Waals surface area (Å²) in [6.07, 6.45) is 0. The molecule has 0 radical (unpaired) electrons. The number of rotatable bonds is 0. The second-order valence-electron chi connectivity index (χ2n) is 1.55. The van der Waals surface area contributed by atoms with Crippen molar-refractivity contribution in [1.82, 2.24) is 0 Å². The second kappa shape index (κ2) is 1.62. The van der Waals surface area contributed by atoms with Crippen molar-refractivity contribution in [2.45, 2.75) is 6.92 Å². The van der Waals surface area contributed by atoms with Gasteiger partial charge in [-0.25, -0.2) is 0 Å². The van der Waals surface area contributed by atoms with Gasteiger partial charge in [-0.05, 0) is 0 Å². The molecule has 0 N–H and O–H groups in total. The van der Waals surface area contributed by atoms with Gasteiger partial charge >= 0.3 is 0 Å². The third kappa shape index (κ3) is 0.800. The molecule has 1 rings (SSSR count). The lowest BCUT2D eigenvalue weighted by molar-refractivity contribution is -0.607. The monoisotopic (exact) mass is 114 g/mol. The Morgan fingerprint density at radius 2 is 2.43 bits per heavy atom. The van der Waals surface area contributed by atoms with Gasteiger partial charge in [-0.1, -0.05) is 0 Å². The molecule has 0 atom stereocenters. The number of nitrogens with zero attached hydrogens (tertiary/aromatic N) is 1. The summed E-state index contributed by atoms with van der Waals surface area (Å²) in [5, 5.41) is 2.08. The van der Waals surface area contributed by atoms with Crippen LogP contribution >= 0.6 is 11.5 Å². The molecule has 0 spiro atoms. The third-order valence-electron chi connectivity index (χ3n) is 1.02. The minimum Gasteiger partial charge on any atom is -0.141 e. The maximum atomic E-state index is 2.12. The Hall–Kier alpha value is -0.370. The average Bonchev–Trinajstić information content (AvgIpc) is 1.91. The van der Waals surface area contributed by atoms with Gasteiger partial charge in [-0.2, -0.15) is 0 Å². The largest absolute Gasteiger partial charge is 0.193 e. The molecule has 0 saturated carbocycles. The summed E-state index contributed by atoms with van der Waals surface area (Å²) < 4.78 is 2.12. The summed E-state index contributed by atoms with van der Waals surface area (Å²) in [5.41, 5.74) is 1.32. The highest BCUT2D eigenvalue weighted by atomic mass is 32.1. The maximum Gasteiger partial charge on any atom is 0.193 e. The van der Waals surface area contributed by atoms with Crippen LogP contribution in [0, 0.1) is 6.92 Å². The molecule has 0 saturated heterocycles. The van der Waals surface area contributed by atoms with Gasteiger partial charge in [-0.15, -0.1) is 3.96 Å². The Morgan fingerprint density at radius 1 is 1.71 bits per heavy atom. The van der Waals surface area contributed by atoms with Crippen LogP contribution in [0.5, 0.6) is 0 Å². The zero-order valence-corrected chi connectivity index (χ0v) is 5.33. The lowest BCUT2D eigenvalue weighted by Gasteiger charge is -1.72. The number of aromatic nitrogens is 1. The van der Waals surface area contributed by atoms with Crippen LogP contribution in [-0.2, 0) is 7.05 Å². The summed E-state index contributed by atoms with van der Waals surface area (Å²) in [5.74, 6) is 0. The summed E-state index contributed by atoms with van der Waals surface area (Å²) in [6.45, 7) is 2.09. The van der Waals surface area contributed by atoms with Crippen molar-refractivity contribution >= 4 is 11.5 Å². The van der Waals surface area contributed by atoms with Gasteiger partial charge in [0.05, 0.1) is 5.38 Å². The molecule has 0 aliphatic rings. The van der Waals surface area contributed by atoms with Crippen LogP contribution in [0.4, 0.5) is 0 Å². The topological polar surface area (TPSA) is 3.88 Å². The molecule has 0 aromatic carbocycles. The Morgan fingerprint density at radius 3 is 2.57 bits per heavy atom. The first kappa shape index (κ1) is 4.78. The second-order valence-corrected chi connectivity index (χ2v) is 2.58. The van der Waals surface area contributed by atoms with E-state index in [0.717, 1.165) is 0 Å². The lowest BCUT2D eigenvalue weighted by atomic mass is 10.5. The summed E-state index contributed by atoms with van der Waals surface area (Å²) in [6, 6.07) is 2.10. The maximum absolute atomic E-state index is 2.12. The van der Waals surface area contributed by atoms with Crippen LogP contribution in [0.2, 0.25) is 0 Å². The first-order valence-electron chi connectivity index (χ1n) is 2.21. The highest BCUT2D eigenvalue weighted by Crippen LogP contribution is 1.90. The van der Waals surface area contributed by atoms with E-state index in [0.29, 0.717) is 0 Å². The highest BCUT2D eigenvalue weighted by molar-refractivity contribution is 6.99. The molecule has 7 heavy (non-hydrogen) atoms. The number of aryl methyl sites for hydroxylation is 2. The number of hydrogen-bond acceptors (Lipinski definition) is 1. The molecule has 2 heteroatoms. The van der Waals surface area contributed by atoms with E-state index in [1.165, 1.54) is 5.69 Å². The predicted octanol–water partition coefficient (Wildman–Crippen LogP) is 0.881. The van der Waals surface area contributed by atoms with E-state index >= 15 is 0 Å². The molecule has 0 amide bonds. The van der Waals surface area contributed by atoms with Gasteiger partial charge in [0.25, 0.3) is 0 Å². The minimum atomic E-state index is 1.32. The van der Waals surface area contributed by atoms with Crippen molar-refractivity contribution in [3.8, 4) is 0 Å². The van der Waals surface area contributed by atoms with Crippen LogP contribution in [-0.4, -0.2) is 0 Å². The van der Waals surface area contributed by atoms with Crippen molar-refractivity contribution in [2.75, 3.05) is 0 Å². The van der Waals surface area contributed by atoms with Gasteiger partial charge in [0.2, 0.25) is 0 Å². The minimum absolute atomic E-state index is 1.32. The van der Waals surface area contributed by atoms with Crippen molar-refractivity contribution in [3.05, 3.63) is 17.1 Å². The van der Waals surface area contributed by atoms with Crippen LogP contribution in [0.25, 0.3) is 0 Å². The van der Waals surface area contributed by atoms with E-state index in [1.54, 1.807) is 11.5 Å². The van der Waals surface area contributed by atoms with Crippen LogP contribution < -0.4 is 3.96 Å². The molecule has 1 aromatic rings. The number of hydrogen-bond donors (Lipinski definition) is 0. The quantitative estimate of drug-likeness (QED) is 0.441. The van der Waals surface area contributed by atoms with Crippen molar-refractivity contribution < 1.29 is 3.96 Å². The van der Waals surface area contributed by atoms with E-state index < -0.39 is 0 Å². The smallest absolute Gasteiger partial charge is 0.141 e. The molecule has 38 valence electrons. The fourth-order valence-corrected chi connectivity index (χ4v) is 1.08. The molecule has 1 nitrogen and oxygen atoms in total. The molecule has 1 heterocycles. The molecule has 0 bridgehead atoms. The van der Waals surface area contributed by atoms with Crippen LogP contribution in [0.1, 0.15) is 5.69 Å². The Balaban J connectivity index is 3.12. The third-order valence-corrected chi connectivity index (χ3v) is 1.89. The van der Waals surface area contributed by atoms with E-state index in [-0.39, 0.29) is 0 Å². The molecule has 0 fully saturated rings. The molecular formula is C5H8NS+. The Bertz CT molecular complexity index is 140. The van der Waals surface area contributed by atoms with Crippen LogP contribution in [0.3, 0.4) is 0 Å². The van der Waals surface area contributed by atoms with E-state index in [9.17, 15) is 0 Å². The Kier molecular flexibility index (Phi) is 1.11. The predicted molar refractivity (Wildman–Crippen MR) is 30.2 cm³/mol. The molecule has 0 aliphatic heterocycles. The van der Waals surface area contributed by atoms with Crippen molar-refractivity contribution in [2.24, 2.45) is 7.05 Å². The first-order valence-corrected chi connectivity index (χ1v) is 3.05. The van der Waals surface area contributed by atoms with Crippen molar-refractivity contribution in [3.63, 3.8) is 0 Å². The standard InChI is InChI=1S/C5H8NS/c1-5-3-4-7-6(5)2/h3-4H,1-2H3/q+1. The molecular weight excluding hydrogens is 106 g/mol. The van der Waals surface area contributed by atoms with E-state index in [1.807, 2.05) is 0 Å². The SMILES string of the molecule is Cc1ccs[n+]1C. The van der Waals surface area contributed by atoms with E-state index in [2.05, 4.69) is 29.4 Å². The summed E-state index contributed by atoms with van der Waals surface area (Å²) in [4.78, 5) is 0. The van der Waals surface area contributed by atoms with Gasteiger partial charge in [0.1, 0.15) is 11.5 Å². The normalized spacial score (nSPS) is 9.43. The average molecular weight is 114 g/mol. The summed E-state index contributed by atoms with van der Waals surface area (Å²) >= 11 is 1.72. The van der Waals surface area contributed by atoms with Crippen molar-refractivity contribution in [1.29, 1.82) is 0 Å². The zero-order chi connectivity index (χ0) is 5.28. The van der Waals surface area contributed by atoms with E-state index in [4.69, 9.17) is 0 Å². The molecule has 0 unspecified atom stereocenters. The fourth-order valence-electron chi connectivity index (χ4n) is 0.408. The van der Waals surface area contributed by atoms with Gasteiger partial charge in [0, 0.05) is 13.0 Å². The zero-order valence-electron chi connectivity index (χ0n) is 4.51. The lowest BCUT2D eigenvalue weighted by Crippen LogP contribution is -2.24. The van der Waals surface area contributed by atoms with Gasteiger partial charge < -0.3 is 0 Å². The Labute approximate surface area is 47.4 Å². The molecule has 1 aromatic heterocycles. The molecule has 0 aliphatic carbocycles. The first-order chi connectivity index (χ1) is 3.30. The van der Waals surface area contributed by atoms with Gasteiger partial charge in [-0.3, -0.25) is 0 Å². The highest BCUT2D eigenvalue weighted by Gasteiger charge is 1.96. The van der Waals surface area contributed by atoms with Crippen LogP contribution in [0.15, 0.2) is 11.4 Å². The summed E-state index contributed by atoms with van der Waals surface area (Å²) in [7, 11) is 2.06.